The van der Waals surface area contributed by atoms with Gasteiger partial charge >= 0.3 is 0 Å². The van der Waals surface area contributed by atoms with Crippen LogP contribution < -0.4 is 4.90 Å². The summed E-state index contributed by atoms with van der Waals surface area (Å²) < 4.78 is 0.750. The van der Waals surface area contributed by atoms with Gasteiger partial charge in [0.25, 0.3) is 5.69 Å². The molecule has 5 heteroatoms. The van der Waals surface area contributed by atoms with Crippen molar-refractivity contribution in [1.82, 2.24) is 0 Å². The Hall–Kier alpha value is -1.10. The van der Waals surface area contributed by atoms with Gasteiger partial charge in [-0.05, 0) is 31.4 Å². The van der Waals surface area contributed by atoms with E-state index in [1.54, 1.807) is 6.07 Å². The predicted octanol–water partition coefficient (Wildman–Crippen LogP) is 3.74. The number of benzene rings is 1. The highest BCUT2D eigenvalue weighted by molar-refractivity contribution is 9.10. The molecule has 0 heterocycles. The largest absolute Gasteiger partial charge is 0.363 e. The first-order valence-corrected chi connectivity index (χ1v) is 6.63. The average Bonchev–Trinajstić information content (AvgIpc) is 3.10. The van der Waals surface area contributed by atoms with E-state index in [-0.39, 0.29) is 10.6 Å². The quantitative estimate of drug-likeness (QED) is 0.614. The zero-order chi connectivity index (χ0) is 12.4. The summed E-state index contributed by atoms with van der Waals surface area (Å²) >= 11 is 3.28. The summed E-state index contributed by atoms with van der Waals surface area (Å²) in [7, 11) is 0. The maximum atomic E-state index is 11.1. The molecule has 0 N–H and O–H groups in total. The number of hydrogen-bond acceptors (Lipinski definition) is 3. The van der Waals surface area contributed by atoms with Gasteiger partial charge in [0.1, 0.15) is 5.69 Å². The van der Waals surface area contributed by atoms with Crippen molar-refractivity contribution in [3.8, 4) is 0 Å². The number of hydrogen-bond donors (Lipinski definition) is 0. The number of rotatable bonds is 5. The van der Waals surface area contributed by atoms with Gasteiger partial charge < -0.3 is 4.90 Å². The summed E-state index contributed by atoms with van der Waals surface area (Å²) in [5.74, 6) is 0. The summed E-state index contributed by atoms with van der Waals surface area (Å²) in [6, 6.07) is 5.79. The molecular weight excluding hydrogens is 284 g/mol. The first kappa shape index (κ1) is 12.4. The van der Waals surface area contributed by atoms with Crippen molar-refractivity contribution in [2.75, 3.05) is 11.4 Å². The number of anilines is 1. The zero-order valence-corrected chi connectivity index (χ0v) is 11.3. The number of halogens is 1. The van der Waals surface area contributed by atoms with Gasteiger partial charge in [-0.3, -0.25) is 10.1 Å². The van der Waals surface area contributed by atoms with Crippen molar-refractivity contribution in [2.45, 2.75) is 32.2 Å². The van der Waals surface area contributed by atoms with E-state index in [9.17, 15) is 10.1 Å². The fourth-order valence-corrected chi connectivity index (χ4v) is 2.36. The van der Waals surface area contributed by atoms with Crippen molar-refractivity contribution >= 4 is 27.3 Å². The van der Waals surface area contributed by atoms with Crippen LogP contribution in [0.1, 0.15) is 26.2 Å². The molecule has 0 saturated heterocycles. The predicted molar refractivity (Wildman–Crippen MR) is 71.5 cm³/mol. The number of nitro benzene ring substituents is 1. The summed E-state index contributed by atoms with van der Waals surface area (Å²) in [5, 5.41) is 11.1. The maximum absolute atomic E-state index is 11.1. The molecule has 1 fully saturated rings. The Bertz CT molecular complexity index is 433. The molecule has 2 rings (SSSR count). The van der Waals surface area contributed by atoms with Crippen LogP contribution in [-0.4, -0.2) is 17.5 Å². The summed E-state index contributed by atoms with van der Waals surface area (Å²) in [5.41, 5.74) is 0.947. The van der Waals surface area contributed by atoms with Crippen LogP contribution in [0.25, 0.3) is 0 Å². The van der Waals surface area contributed by atoms with E-state index >= 15 is 0 Å². The van der Waals surface area contributed by atoms with E-state index in [1.807, 2.05) is 12.1 Å². The lowest BCUT2D eigenvalue weighted by molar-refractivity contribution is -0.384. The highest BCUT2D eigenvalue weighted by atomic mass is 79.9. The van der Waals surface area contributed by atoms with Crippen LogP contribution in [0.5, 0.6) is 0 Å². The first-order valence-electron chi connectivity index (χ1n) is 5.84. The molecule has 1 aromatic carbocycles. The molecular formula is C12H15BrN2O2. The third-order valence-electron chi connectivity index (χ3n) is 2.90. The first-order chi connectivity index (χ1) is 8.13. The van der Waals surface area contributed by atoms with E-state index in [0.717, 1.165) is 36.0 Å². The van der Waals surface area contributed by atoms with E-state index in [4.69, 9.17) is 0 Å². The number of nitrogens with zero attached hydrogens (tertiary/aromatic N) is 2. The molecule has 0 radical (unpaired) electrons. The molecule has 1 aliphatic rings. The molecule has 1 aromatic rings. The lowest BCUT2D eigenvalue weighted by Crippen LogP contribution is -2.27. The molecule has 1 aliphatic carbocycles. The average molecular weight is 299 g/mol. The van der Waals surface area contributed by atoms with E-state index in [2.05, 4.69) is 27.8 Å². The molecule has 0 atom stereocenters. The van der Waals surface area contributed by atoms with E-state index < -0.39 is 0 Å². The highest BCUT2D eigenvalue weighted by Gasteiger charge is 2.32. The maximum Gasteiger partial charge on any atom is 0.293 e. The monoisotopic (exact) mass is 298 g/mol. The van der Waals surface area contributed by atoms with Crippen LogP contribution in [0.15, 0.2) is 22.7 Å². The molecule has 17 heavy (non-hydrogen) atoms. The molecule has 0 spiro atoms. The second-order valence-electron chi connectivity index (χ2n) is 4.31. The Morgan fingerprint density at radius 1 is 1.53 bits per heavy atom. The van der Waals surface area contributed by atoms with Gasteiger partial charge in [-0.25, -0.2) is 0 Å². The van der Waals surface area contributed by atoms with Crippen LogP contribution >= 0.6 is 15.9 Å². The molecule has 0 amide bonds. The van der Waals surface area contributed by atoms with Gasteiger partial charge in [0.05, 0.1) is 4.92 Å². The molecule has 1 saturated carbocycles. The normalized spacial score (nSPS) is 14.7. The van der Waals surface area contributed by atoms with Crippen LogP contribution in [0.2, 0.25) is 0 Å². The van der Waals surface area contributed by atoms with Crippen molar-refractivity contribution < 1.29 is 4.92 Å². The summed E-state index contributed by atoms with van der Waals surface area (Å²) in [4.78, 5) is 13.0. The molecule has 0 bridgehead atoms. The molecule has 0 aliphatic heterocycles. The highest BCUT2D eigenvalue weighted by Crippen LogP contribution is 2.38. The lowest BCUT2D eigenvalue weighted by Gasteiger charge is -2.23. The van der Waals surface area contributed by atoms with Gasteiger partial charge in [0.15, 0.2) is 0 Å². The second kappa shape index (κ2) is 5.04. The Morgan fingerprint density at radius 3 is 2.76 bits per heavy atom. The third kappa shape index (κ3) is 2.77. The van der Waals surface area contributed by atoms with Gasteiger partial charge in [-0.15, -0.1) is 0 Å². The standard InChI is InChI=1S/C12H15BrN2O2/c1-2-7-14(10-4-5-10)11-6-3-9(13)8-12(11)15(16)17/h3,6,8,10H,2,4-5,7H2,1H3. The fraction of sp³-hybridized carbons (Fsp3) is 0.500. The third-order valence-corrected chi connectivity index (χ3v) is 3.39. The topological polar surface area (TPSA) is 46.4 Å². The molecule has 0 unspecified atom stereocenters. The molecule has 92 valence electrons. The Labute approximate surface area is 109 Å². The van der Waals surface area contributed by atoms with Crippen molar-refractivity contribution in [3.05, 3.63) is 32.8 Å². The minimum atomic E-state index is -0.300. The van der Waals surface area contributed by atoms with Gasteiger partial charge in [0, 0.05) is 23.1 Å². The molecule has 4 nitrogen and oxygen atoms in total. The summed E-state index contributed by atoms with van der Waals surface area (Å²) in [6.45, 7) is 2.98. The van der Waals surface area contributed by atoms with Crippen molar-refractivity contribution in [2.24, 2.45) is 0 Å². The second-order valence-corrected chi connectivity index (χ2v) is 5.23. The Balaban J connectivity index is 2.37. The number of nitro groups is 1. The summed E-state index contributed by atoms with van der Waals surface area (Å²) in [6.07, 6.45) is 3.30. The van der Waals surface area contributed by atoms with Gasteiger partial charge in [-0.1, -0.05) is 22.9 Å². The van der Waals surface area contributed by atoms with Gasteiger partial charge in [-0.2, -0.15) is 0 Å². The van der Waals surface area contributed by atoms with Crippen molar-refractivity contribution in [3.63, 3.8) is 0 Å². The Morgan fingerprint density at radius 2 is 2.24 bits per heavy atom. The van der Waals surface area contributed by atoms with Crippen LogP contribution in [-0.2, 0) is 0 Å². The SMILES string of the molecule is CCCN(c1ccc(Br)cc1[N+](=O)[O-])C1CC1. The Kier molecular flexibility index (Phi) is 3.66. The smallest absolute Gasteiger partial charge is 0.293 e. The van der Waals surface area contributed by atoms with E-state index in [0.29, 0.717) is 6.04 Å². The van der Waals surface area contributed by atoms with E-state index in [1.165, 1.54) is 0 Å². The lowest BCUT2D eigenvalue weighted by atomic mass is 10.2. The van der Waals surface area contributed by atoms with Crippen LogP contribution in [0, 0.1) is 10.1 Å². The van der Waals surface area contributed by atoms with Gasteiger partial charge in [0.2, 0.25) is 0 Å². The van der Waals surface area contributed by atoms with Crippen molar-refractivity contribution in [1.29, 1.82) is 0 Å². The van der Waals surface area contributed by atoms with Crippen LogP contribution in [0.4, 0.5) is 11.4 Å². The zero-order valence-electron chi connectivity index (χ0n) is 9.73. The minimum absolute atomic E-state index is 0.194. The fourth-order valence-electron chi connectivity index (χ4n) is 2.01. The minimum Gasteiger partial charge on any atom is -0.363 e. The molecule has 0 aromatic heterocycles. The van der Waals surface area contributed by atoms with Crippen LogP contribution in [0.3, 0.4) is 0 Å².